The Morgan fingerprint density at radius 1 is 1.06 bits per heavy atom. The van der Waals surface area contributed by atoms with Crippen LogP contribution >= 0.6 is 0 Å². The van der Waals surface area contributed by atoms with Gasteiger partial charge in [-0.25, -0.2) is 4.98 Å². The third-order valence-electron chi connectivity index (χ3n) is 4.71. The molecule has 2 N–H and O–H groups in total. The van der Waals surface area contributed by atoms with E-state index in [-0.39, 0.29) is 28.0 Å². The largest absolute Gasteiger partial charge is 0.455 e. The van der Waals surface area contributed by atoms with E-state index in [0.717, 1.165) is 23.9 Å². The molecule has 3 rings (SSSR count). The molecule has 0 saturated heterocycles. The van der Waals surface area contributed by atoms with Crippen LogP contribution in [0.2, 0.25) is 0 Å². The third kappa shape index (κ3) is 5.35. The van der Waals surface area contributed by atoms with E-state index in [1.54, 1.807) is 25.1 Å². The average molecular weight is 445 g/mol. The highest BCUT2D eigenvalue weighted by molar-refractivity contribution is 6.06. The Morgan fingerprint density at radius 3 is 2.34 bits per heavy atom. The van der Waals surface area contributed by atoms with Crippen molar-refractivity contribution in [3.63, 3.8) is 0 Å². The zero-order valence-electron chi connectivity index (χ0n) is 17.9. The number of amides is 1. The molecule has 3 aromatic rings. The molecule has 0 bridgehead atoms. The highest BCUT2D eigenvalue weighted by Gasteiger charge is 2.32. The smallest absolute Gasteiger partial charge is 0.433 e. The van der Waals surface area contributed by atoms with Crippen molar-refractivity contribution in [1.29, 1.82) is 0 Å². The summed E-state index contributed by atoms with van der Waals surface area (Å²) in [6.07, 6.45) is -3.61. The molecular formula is C23H22F3N3O3. The van der Waals surface area contributed by atoms with Crippen molar-refractivity contribution in [2.75, 3.05) is 5.32 Å². The monoisotopic (exact) mass is 445 g/mol. The number of benzene rings is 1. The number of halogens is 3. The number of alkyl halides is 3. The van der Waals surface area contributed by atoms with Gasteiger partial charge in [-0.15, -0.1) is 0 Å². The van der Waals surface area contributed by atoms with Gasteiger partial charge in [-0.3, -0.25) is 9.59 Å². The molecule has 0 saturated carbocycles. The van der Waals surface area contributed by atoms with E-state index >= 15 is 0 Å². The summed E-state index contributed by atoms with van der Waals surface area (Å²) in [5.74, 6) is -0.285. The molecule has 2 aromatic heterocycles. The minimum Gasteiger partial charge on any atom is -0.455 e. The average Bonchev–Trinajstić information content (AvgIpc) is 2.69. The first kappa shape index (κ1) is 23.1. The number of carbonyl (C=O) groups excluding carboxylic acids is 1. The number of nitrogens with one attached hydrogen (secondary N) is 2. The number of pyridine rings is 2. The number of hydrogen-bond donors (Lipinski definition) is 2. The standard InChI is InChI=1S/C23H22F3N3O3/c1-13-17(8-10-20(30)28-13)29-21(31)16-7-5-14(22(2,3)4)11-18(16)32-15-6-9-19(27-12-15)23(24,25)26/h5-12H,1-4H3,(H,28,30)(H,29,31). The molecule has 0 aliphatic heterocycles. The van der Waals surface area contributed by atoms with Gasteiger partial charge in [0.05, 0.1) is 17.4 Å². The van der Waals surface area contributed by atoms with Crippen LogP contribution in [0.5, 0.6) is 11.5 Å². The van der Waals surface area contributed by atoms with Crippen LogP contribution in [0.25, 0.3) is 0 Å². The number of H-pyrrole nitrogens is 1. The summed E-state index contributed by atoms with van der Waals surface area (Å²) >= 11 is 0. The van der Waals surface area contributed by atoms with Crippen LogP contribution in [0.3, 0.4) is 0 Å². The normalized spacial score (nSPS) is 11.8. The Kier molecular flexibility index (Phi) is 6.11. The first-order chi connectivity index (χ1) is 14.8. The number of anilines is 1. The SMILES string of the molecule is Cc1[nH]c(=O)ccc1NC(=O)c1ccc(C(C)(C)C)cc1Oc1ccc(C(F)(F)F)nc1. The Labute approximate surface area is 182 Å². The fourth-order valence-electron chi connectivity index (χ4n) is 2.90. The molecule has 0 atom stereocenters. The summed E-state index contributed by atoms with van der Waals surface area (Å²) in [5, 5.41) is 2.71. The minimum absolute atomic E-state index is 0.0540. The van der Waals surface area contributed by atoms with Crippen LogP contribution in [-0.2, 0) is 11.6 Å². The summed E-state index contributed by atoms with van der Waals surface area (Å²) in [6, 6.07) is 9.77. The van der Waals surface area contributed by atoms with E-state index in [2.05, 4.69) is 15.3 Å². The zero-order valence-corrected chi connectivity index (χ0v) is 17.9. The molecule has 0 radical (unpaired) electrons. The van der Waals surface area contributed by atoms with Gasteiger partial charge in [0, 0.05) is 11.8 Å². The number of aromatic nitrogens is 2. The molecule has 168 valence electrons. The van der Waals surface area contributed by atoms with Crippen molar-refractivity contribution in [2.45, 2.75) is 39.3 Å². The van der Waals surface area contributed by atoms with Crippen LogP contribution in [0.1, 0.15) is 48.1 Å². The molecule has 0 aliphatic rings. The lowest BCUT2D eigenvalue weighted by Gasteiger charge is -2.21. The maximum Gasteiger partial charge on any atom is 0.433 e. The topological polar surface area (TPSA) is 84.1 Å². The number of rotatable bonds is 4. The predicted octanol–water partition coefficient (Wildman–Crippen LogP) is 5.44. The van der Waals surface area contributed by atoms with Crippen molar-refractivity contribution in [2.24, 2.45) is 0 Å². The first-order valence-electron chi connectivity index (χ1n) is 9.71. The lowest BCUT2D eigenvalue weighted by molar-refractivity contribution is -0.141. The first-order valence-corrected chi connectivity index (χ1v) is 9.71. The van der Waals surface area contributed by atoms with E-state index in [4.69, 9.17) is 4.74 Å². The highest BCUT2D eigenvalue weighted by atomic mass is 19.4. The van der Waals surface area contributed by atoms with Gasteiger partial charge in [-0.05, 0) is 48.2 Å². The van der Waals surface area contributed by atoms with Crippen LogP contribution in [0.15, 0.2) is 53.5 Å². The number of carbonyl (C=O) groups is 1. The van der Waals surface area contributed by atoms with Gasteiger partial charge in [-0.1, -0.05) is 26.8 Å². The van der Waals surface area contributed by atoms with E-state index in [1.807, 2.05) is 20.8 Å². The summed E-state index contributed by atoms with van der Waals surface area (Å²) < 4.78 is 44.1. The molecule has 1 amide bonds. The highest BCUT2D eigenvalue weighted by Crippen LogP contribution is 2.33. The maximum absolute atomic E-state index is 13.0. The van der Waals surface area contributed by atoms with Crippen molar-refractivity contribution < 1.29 is 22.7 Å². The number of hydrogen-bond acceptors (Lipinski definition) is 4. The van der Waals surface area contributed by atoms with Crippen LogP contribution in [0.4, 0.5) is 18.9 Å². The summed E-state index contributed by atoms with van der Waals surface area (Å²) in [4.78, 5) is 30.4. The predicted molar refractivity (Wildman–Crippen MR) is 114 cm³/mol. The van der Waals surface area contributed by atoms with Gasteiger partial charge in [0.25, 0.3) is 5.91 Å². The van der Waals surface area contributed by atoms with Crippen molar-refractivity contribution in [3.05, 3.63) is 81.5 Å². The number of ether oxygens (including phenoxy) is 1. The van der Waals surface area contributed by atoms with Crippen LogP contribution < -0.4 is 15.6 Å². The van der Waals surface area contributed by atoms with Gasteiger partial charge < -0.3 is 15.0 Å². The molecule has 0 unspecified atom stereocenters. The summed E-state index contributed by atoms with van der Waals surface area (Å²) in [5.41, 5.74) is 0.325. The van der Waals surface area contributed by atoms with E-state index in [9.17, 15) is 22.8 Å². The molecule has 0 spiro atoms. The van der Waals surface area contributed by atoms with Crippen LogP contribution in [0, 0.1) is 6.92 Å². The molecular weight excluding hydrogens is 423 g/mol. The second kappa shape index (κ2) is 8.49. The molecule has 6 nitrogen and oxygen atoms in total. The van der Waals surface area contributed by atoms with E-state index in [0.29, 0.717) is 11.4 Å². The van der Waals surface area contributed by atoms with Gasteiger partial charge in [-0.2, -0.15) is 13.2 Å². The number of aromatic amines is 1. The van der Waals surface area contributed by atoms with E-state index in [1.165, 1.54) is 12.1 Å². The number of nitrogens with zero attached hydrogens (tertiary/aromatic N) is 1. The minimum atomic E-state index is -4.57. The Bertz CT molecular complexity index is 1190. The van der Waals surface area contributed by atoms with Crippen LogP contribution in [-0.4, -0.2) is 15.9 Å². The summed E-state index contributed by atoms with van der Waals surface area (Å²) in [6.45, 7) is 7.59. The molecule has 0 fully saturated rings. The number of aryl methyl sites for hydroxylation is 1. The molecule has 32 heavy (non-hydrogen) atoms. The summed E-state index contributed by atoms with van der Waals surface area (Å²) in [7, 11) is 0. The lowest BCUT2D eigenvalue weighted by atomic mass is 9.86. The van der Waals surface area contributed by atoms with Gasteiger partial charge >= 0.3 is 6.18 Å². The zero-order chi connectivity index (χ0) is 23.7. The fraction of sp³-hybridized carbons (Fsp3) is 0.261. The third-order valence-corrected chi connectivity index (χ3v) is 4.71. The van der Waals surface area contributed by atoms with Gasteiger partial charge in [0.15, 0.2) is 0 Å². The van der Waals surface area contributed by atoms with Gasteiger partial charge in [0.1, 0.15) is 17.2 Å². The van der Waals surface area contributed by atoms with Crippen molar-refractivity contribution in [1.82, 2.24) is 9.97 Å². The quantitative estimate of drug-likeness (QED) is 0.560. The molecule has 0 aliphatic carbocycles. The fourth-order valence-corrected chi connectivity index (χ4v) is 2.90. The Morgan fingerprint density at radius 2 is 1.78 bits per heavy atom. The van der Waals surface area contributed by atoms with Gasteiger partial charge in [0.2, 0.25) is 5.56 Å². The molecule has 1 aromatic carbocycles. The Hall–Kier alpha value is -3.62. The lowest BCUT2D eigenvalue weighted by Crippen LogP contribution is -2.17. The van der Waals surface area contributed by atoms with E-state index < -0.39 is 17.8 Å². The maximum atomic E-state index is 13.0. The van der Waals surface area contributed by atoms with Crippen molar-refractivity contribution in [3.8, 4) is 11.5 Å². The molecule has 2 heterocycles. The Balaban J connectivity index is 1.97. The molecule has 9 heteroatoms. The second-order valence-electron chi connectivity index (χ2n) is 8.26. The van der Waals surface area contributed by atoms with Crippen molar-refractivity contribution >= 4 is 11.6 Å². The second-order valence-corrected chi connectivity index (χ2v) is 8.26.